The second-order valence-electron chi connectivity index (χ2n) is 6.07. The Kier molecular flexibility index (Phi) is 12.6. The zero-order valence-corrected chi connectivity index (χ0v) is 14.7. The third kappa shape index (κ3) is 7.64. The van der Waals surface area contributed by atoms with Gasteiger partial charge in [0, 0.05) is 26.1 Å². The first-order valence-corrected chi connectivity index (χ1v) is 8.85. The van der Waals surface area contributed by atoms with E-state index in [2.05, 4.69) is 27.7 Å². The summed E-state index contributed by atoms with van der Waals surface area (Å²) in [6, 6.07) is 0. The smallest absolute Gasteiger partial charge is 0.170 e. The molecule has 0 amide bonds. The van der Waals surface area contributed by atoms with E-state index in [1.165, 1.54) is 44.9 Å². The highest BCUT2D eigenvalue weighted by molar-refractivity contribution is 4.76. The topological polar surface area (TPSA) is 18.5 Å². The van der Waals surface area contributed by atoms with E-state index in [1.807, 2.05) is 7.11 Å². The van der Waals surface area contributed by atoms with Gasteiger partial charge in [-0.1, -0.05) is 72.6 Å². The molecule has 0 N–H and O–H groups in total. The van der Waals surface area contributed by atoms with Crippen LogP contribution in [0.15, 0.2) is 0 Å². The fraction of sp³-hybridized carbons (Fsp3) is 1.00. The maximum atomic E-state index is 6.10. The Morgan fingerprint density at radius 3 is 2.05 bits per heavy atom. The van der Waals surface area contributed by atoms with E-state index in [0.717, 1.165) is 25.9 Å². The molecule has 20 heavy (non-hydrogen) atoms. The van der Waals surface area contributed by atoms with Gasteiger partial charge in [-0.05, 0) is 12.8 Å². The molecule has 122 valence electrons. The third-order valence-electron chi connectivity index (χ3n) is 4.24. The fourth-order valence-corrected chi connectivity index (χ4v) is 2.90. The summed E-state index contributed by atoms with van der Waals surface area (Å²) in [4.78, 5) is 0. The molecule has 0 aliphatic carbocycles. The van der Waals surface area contributed by atoms with Gasteiger partial charge in [0.1, 0.15) is 0 Å². The van der Waals surface area contributed by atoms with Crippen molar-refractivity contribution in [3.8, 4) is 0 Å². The van der Waals surface area contributed by atoms with Crippen molar-refractivity contribution in [2.75, 3.05) is 13.7 Å². The molecule has 0 bridgehead atoms. The van der Waals surface area contributed by atoms with Crippen molar-refractivity contribution in [2.45, 2.75) is 97.7 Å². The molecule has 0 aromatic rings. The fourth-order valence-electron chi connectivity index (χ4n) is 2.90. The lowest BCUT2D eigenvalue weighted by atomic mass is 9.90. The highest BCUT2D eigenvalue weighted by Crippen LogP contribution is 2.32. The molecule has 0 radical (unpaired) electrons. The zero-order chi connectivity index (χ0) is 15.3. The summed E-state index contributed by atoms with van der Waals surface area (Å²) in [5.74, 6) is 0.124. The molecule has 0 aromatic heterocycles. The van der Waals surface area contributed by atoms with Gasteiger partial charge in [-0.25, -0.2) is 0 Å². The van der Waals surface area contributed by atoms with Crippen LogP contribution in [-0.4, -0.2) is 19.5 Å². The zero-order valence-electron chi connectivity index (χ0n) is 14.7. The Labute approximate surface area is 127 Å². The number of methoxy groups -OCH3 is 1. The Bertz CT molecular complexity index is 206. The molecule has 2 atom stereocenters. The van der Waals surface area contributed by atoms with Gasteiger partial charge >= 0.3 is 0 Å². The van der Waals surface area contributed by atoms with Gasteiger partial charge < -0.3 is 9.47 Å². The Balaban J connectivity index is 4.14. The normalized spacial score (nSPS) is 16.1. The van der Waals surface area contributed by atoms with Gasteiger partial charge in [-0.15, -0.1) is 0 Å². The van der Waals surface area contributed by atoms with Crippen LogP contribution in [0, 0.1) is 5.92 Å². The number of ether oxygens (including phenoxy) is 2. The first-order valence-electron chi connectivity index (χ1n) is 8.85. The molecule has 0 saturated carbocycles. The van der Waals surface area contributed by atoms with Crippen LogP contribution in [0.1, 0.15) is 91.9 Å². The van der Waals surface area contributed by atoms with Crippen molar-refractivity contribution in [2.24, 2.45) is 5.92 Å². The molecule has 0 spiro atoms. The molecule has 0 heterocycles. The van der Waals surface area contributed by atoms with Crippen LogP contribution in [0.5, 0.6) is 0 Å². The lowest BCUT2D eigenvalue weighted by molar-refractivity contribution is -0.256. The van der Waals surface area contributed by atoms with Crippen molar-refractivity contribution >= 4 is 0 Å². The largest absolute Gasteiger partial charge is 0.353 e. The Hall–Kier alpha value is -0.0800. The van der Waals surface area contributed by atoms with Crippen LogP contribution in [0.3, 0.4) is 0 Å². The minimum Gasteiger partial charge on any atom is -0.353 e. The molecular weight excluding hydrogens is 248 g/mol. The quantitative estimate of drug-likeness (QED) is 0.290. The predicted molar refractivity (Wildman–Crippen MR) is 88.0 cm³/mol. The van der Waals surface area contributed by atoms with E-state index in [-0.39, 0.29) is 5.79 Å². The van der Waals surface area contributed by atoms with Crippen LogP contribution in [0.2, 0.25) is 0 Å². The average Bonchev–Trinajstić information content (AvgIpc) is 2.47. The summed E-state index contributed by atoms with van der Waals surface area (Å²) in [5, 5.41) is 0. The van der Waals surface area contributed by atoms with E-state index in [1.54, 1.807) is 0 Å². The van der Waals surface area contributed by atoms with Crippen LogP contribution in [-0.2, 0) is 9.47 Å². The Morgan fingerprint density at radius 2 is 1.50 bits per heavy atom. The van der Waals surface area contributed by atoms with Crippen molar-refractivity contribution in [3.63, 3.8) is 0 Å². The van der Waals surface area contributed by atoms with E-state index >= 15 is 0 Å². The molecule has 0 aliphatic rings. The van der Waals surface area contributed by atoms with Crippen LogP contribution in [0.4, 0.5) is 0 Å². The standard InChI is InChI=1S/C18H38O2/c1-6-9-10-11-12-13-14-17(4)18(19-5,15-7-2)20-16-8-3/h17H,6-16H2,1-5H3. The van der Waals surface area contributed by atoms with Gasteiger partial charge in [-0.3, -0.25) is 0 Å². The third-order valence-corrected chi connectivity index (χ3v) is 4.24. The van der Waals surface area contributed by atoms with Crippen LogP contribution in [0.25, 0.3) is 0 Å². The number of hydrogen-bond donors (Lipinski definition) is 0. The molecule has 0 rings (SSSR count). The maximum Gasteiger partial charge on any atom is 0.170 e. The van der Waals surface area contributed by atoms with Crippen molar-refractivity contribution in [1.82, 2.24) is 0 Å². The molecule has 0 aromatic carbocycles. The summed E-state index contributed by atoms with van der Waals surface area (Å²) >= 11 is 0. The van der Waals surface area contributed by atoms with Crippen molar-refractivity contribution < 1.29 is 9.47 Å². The summed E-state index contributed by atoms with van der Waals surface area (Å²) < 4.78 is 11.9. The number of unbranched alkanes of at least 4 members (excludes halogenated alkanes) is 5. The summed E-state index contributed by atoms with van der Waals surface area (Å²) in [5.41, 5.74) is 0. The summed E-state index contributed by atoms with van der Waals surface area (Å²) in [6.07, 6.45) is 12.5. The van der Waals surface area contributed by atoms with Crippen LogP contribution < -0.4 is 0 Å². The number of rotatable bonds is 14. The maximum absolute atomic E-state index is 6.10. The predicted octanol–water partition coefficient (Wildman–Crippen LogP) is 5.94. The van der Waals surface area contributed by atoms with E-state index < -0.39 is 0 Å². The van der Waals surface area contributed by atoms with Gasteiger partial charge in [0.15, 0.2) is 5.79 Å². The minimum atomic E-state index is -0.353. The molecule has 2 nitrogen and oxygen atoms in total. The first-order chi connectivity index (χ1) is 9.66. The van der Waals surface area contributed by atoms with Gasteiger partial charge in [0.05, 0.1) is 0 Å². The van der Waals surface area contributed by atoms with E-state index in [4.69, 9.17) is 9.47 Å². The van der Waals surface area contributed by atoms with Gasteiger partial charge in [0.25, 0.3) is 0 Å². The molecule has 0 fully saturated rings. The summed E-state index contributed by atoms with van der Waals surface area (Å²) in [6.45, 7) is 9.73. The highest BCUT2D eigenvalue weighted by Gasteiger charge is 2.35. The minimum absolute atomic E-state index is 0.353. The second-order valence-corrected chi connectivity index (χ2v) is 6.07. The highest BCUT2D eigenvalue weighted by atomic mass is 16.7. The SMILES string of the molecule is CCCCCCCCC(C)C(CCC)(OC)OCCC. The lowest BCUT2D eigenvalue weighted by Crippen LogP contribution is -2.42. The molecule has 2 heteroatoms. The molecule has 0 aliphatic heterocycles. The monoisotopic (exact) mass is 286 g/mol. The van der Waals surface area contributed by atoms with Crippen molar-refractivity contribution in [3.05, 3.63) is 0 Å². The average molecular weight is 286 g/mol. The van der Waals surface area contributed by atoms with Crippen LogP contribution >= 0.6 is 0 Å². The summed E-state index contributed by atoms with van der Waals surface area (Å²) in [7, 11) is 1.81. The van der Waals surface area contributed by atoms with Gasteiger partial charge in [0.2, 0.25) is 0 Å². The van der Waals surface area contributed by atoms with E-state index in [9.17, 15) is 0 Å². The number of hydrogen-bond acceptors (Lipinski definition) is 2. The molecule has 2 unspecified atom stereocenters. The second kappa shape index (κ2) is 12.6. The molecular formula is C18H38O2. The molecule has 0 saturated heterocycles. The van der Waals surface area contributed by atoms with Crippen molar-refractivity contribution in [1.29, 1.82) is 0 Å². The first kappa shape index (κ1) is 19.9. The van der Waals surface area contributed by atoms with Gasteiger partial charge in [-0.2, -0.15) is 0 Å². The Morgan fingerprint density at radius 1 is 0.850 bits per heavy atom. The van der Waals surface area contributed by atoms with E-state index in [0.29, 0.717) is 5.92 Å². The lowest BCUT2D eigenvalue weighted by Gasteiger charge is -2.38.